The van der Waals surface area contributed by atoms with Gasteiger partial charge in [0.05, 0.1) is 0 Å². The molecule has 0 spiro atoms. The highest BCUT2D eigenvalue weighted by molar-refractivity contribution is 5.40. The zero-order valence-corrected chi connectivity index (χ0v) is 25.4. The van der Waals surface area contributed by atoms with Crippen molar-refractivity contribution < 1.29 is 0 Å². The van der Waals surface area contributed by atoms with E-state index in [-0.39, 0.29) is 0 Å². The first-order valence-electron chi connectivity index (χ1n) is 16.0. The fraction of sp³-hybridized carbons (Fsp3) is 0.366. The van der Waals surface area contributed by atoms with Gasteiger partial charge in [-0.3, -0.25) is 0 Å². The Balaban J connectivity index is 1.33. The van der Waals surface area contributed by atoms with E-state index < -0.39 is 0 Å². The van der Waals surface area contributed by atoms with Crippen molar-refractivity contribution in [1.82, 2.24) is 0 Å². The van der Waals surface area contributed by atoms with Gasteiger partial charge in [-0.2, -0.15) is 0 Å². The van der Waals surface area contributed by atoms with Crippen LogP contribution in [0.2, 0.25) is 0 Å². The maximum absolute atomic E-state index is 2.54. The Kier molecular flexibility index (Phi) is 10.3. The summed E-state index contributed by atoms with van der Waals surface area (Å²) in [6, 6.07) is 40.9. The van der Waals surface area contributed by atoms with Gasteiger partial charge in [0.1, 0.15) is 0 Å². The Bertz CT molecular complexity index is 1370. The molecule has 0 saturated carbocycles. The van der Waals surface area contributed by atoms with Crippen LogP contribution in [0.1, 0.15) is 116 Å². The molecule has 0 radical (unpaired) electrons. The van der Waals surface area contributed by atoms with Crippen LogP contribution < -0.4 is 0 Å². The smallest absolute Gasteiger partial charge is 0.0127 e. The monoisotopic (exact) mass is 540 g/mol. The lowest BCUT2D eigenvalue weighted by Crippen LogP contribution is -2.13. The van der Waals surface area contributed by atoms with Gasteiger partial charge in [-0.1, -0.05) is 135 Å². The number of aryl methyl sites for hydroxylation is 2. The third kappa shape index (κ3) is 7.88. The van der Waals surface area contributed by atoms with Gasteiger partial charge in [0, 0.05) is 0 Å². The standard InChI is InChI=1S/C41H48/c1-4-33(35-18-10-6-11-19-35)27-31(2)15-14-22-38(36-20-12-7-13-21-36)30-41(28-32(3)34-16-8-5-9-17-34)40-26-24-37-23-25-39(37)29-40/h5-13,15-21,24,26,29,32-33,38,41H,4,14,22-23,25,27-28,30H2,1-3H3. The Morgan fingerprint density at radius 2 is 1.22 bits per heavy atom. The van der Waals surface area contributed by atoms with Gasteiger partial charge < -0.3 is 0 Å². The molecule has 4 atom stereocenters. The second kappa shape index (κ2) is 14.5. The summed E-state index contributed by atoms with van der Waals surface area (Å²) < 4.78 is 0. The van der Waals surface area contributed by atoms with E-state index in [2.05, 4.69) is 136 Å². The topological polar surface area (TPSA) is 0 Å². The van der Waals surface area contributed by atoms with E-state index in [4.69, 9.17) is 0 Å². The van der Waals surface area contributed by atoms with E-state index in [0.29, 0.717) is 23.7 Å². The van der Waals surface area contributed by atoms with Crippen molar-refractivity contribution in [3.05, 3.63) is 154 Å². The van der Waals surface area contributed by atoms with Crippen molar-refractivity contribution in [2.24, 2.45) is 0 Å². The maximum atomic E-state index is 2.54. The molecule has 0 aliphatic heterocycles. The van der Waals surface area contributed by atoms with Crippen molar-refractivity contribution in [1.29, 1.82) is 0 Å². The molecule has 4 aromatic rings. The van der Waals surface area contributed by atoms with Gasteiger partial charge in [-0.05, 0) is 115 Å². The molecule has 0 saturated heterocycles. The molecule has 1 aliphatic rings. The predicted molar refractivity (Wildman–Crippen MR) is 177 cm³/mol. The highest BCUT2D eigenvalue weighted by Gasteiger charge is 2.24. The third-order valence-electron chi connectivity index (χ3n) is 9.55. The van der Waals surface area contributed by atoms with E-state index in [1.807, 2.05) is 0 Å². The number of hydrogen-bond donors (Lipinski definition) is 0. The lowest BCUT2D eigenvalue weighted by molar-refractivity contribution is 0.459. The van der Waals surface area contributed by atoms with E-state index in [9.17, 15) is 0 Å². The lowest BCUT2D eigenvalue weighted by Gasteiger charge is -2.29. The third-order valence-corrected chi connectivity index (χ3v) is 9.55. The fourth-order valence-corrected chi connectivity index (χ4v) is 6.90. The molecule has 0 N–H and O–H groups in total. The first kappa shape index (κ1) is 29.1. The summed E-state index contributed by atoms with van der Waals surface area (Å²) in [6.45, 7) is 7.09. The molecule has 1 aliphatic carbocycles. The van der Waals surface area contributed by atoms with E-state index >= 15 is 0 Å². The number of fused-ring (bicyclic) bond motifs is 1. The van der Waals surface area contributed by atoms with Gasteiger partial charge in [-0.15, -0.1) is 0 Å². The van der Waals surface area contributed by atoms with Crippen LogP contribution in [-0.2, 0) is 12.8 Å². The summed E-state index contributed by atoms with van der Waals surface area (Å²) in [6.07, 6.45) is 12.1. The van der Waals surface area contributed by atoms with Gasteiger partial charge in [0.25, 0.3) is 0 Å². The summed E-state index contributed by atoms with van der Waals surface area (Å²) in [7, 11) is 0. The van der Waals surface area contributed by atoms with Crippen LogP contribution >= 0.6 is 0 Å². The summed E-state index contributed by atoms with van der Waals surface area (Å²) in [5.41, 5.74) is 10.6. The minimum absolute atomic E-state index is 0.537. The molecule has 4 aromatic carbocycles. The summed E-state index contributed by atoms with van der Waals surface area (Å²) in [5.74, 6) is 2.25. The van der Waals surface area contributed by atoms with Crippen molar-refractivity contribution in [3.8, 4) is 0 Å². The summed E-state index contributed by atoms with van der Waals surface area (Å²) in [5, 5.41) is 0. The molecule has 0 nitrogen and oxygen atoms in total. The first-order chi connectivity index (χ1) is 20.1. The minimum atomic E-state index is 0.537. The van der Waals surface area contributed by atoms with Crippen LogP contribution in [0.15, 0.2) is 121 Å². The molecule has 212 valence electrons. The van der Waals surface area contributed by atoms with E-state index in [1.165, 1.54) is 60.8 Å². The molecule has 0 heterocycles. The van der Waals surface area contributed by atoms with Crippen LogP contribution in [-0.4, -0.2) is 0 Å². The molecule has 0 bridgehead atoms. The maximum Gasteiger partial charge on any atom is -0.0127 e. The van der Waals surface area contributed by atoms with E-state index in [1.54, 1.807) is 16.7 Å². The predicted octanol–water partition coefficient (Wildman–Crippen LogP) is 11.5. The first-order valence-corrected chi connectivity index (χ1v) is 16.0. The Hall–Kier alpha value is -3.38. The molecule has 0 fully saturated rings. The number of hydrogen-bond acceptors (Lipinski definition) is 0. The zero-order chi connectivity index (χ0) is 28.4. The number of benzene rings is 4. The minimum Gasteiger partial charge on any atom is -0.0856 e. The van der Waals surface area contributed by atoms with Gasteiger partial charge in [0.2, 0.25) is 0 Å². The lowest BCUT2D eigenvalue weighted by atomic mass is 9.76. The SMILES string of the molecule is CCC(CC(C)=CCCC(CC(CC(C)c1ccccc1)c1ccc2c(c1)CC2)c1ccccc1)c1ccccc1. The fourth-order valence-electron chi connectivity index (χ4n) is 6.90. The highest BCUT2D eigenvalue weighted by Crippen LogP contribution is 2.40. The van der Waals surface area contributed by atoms with Gasteiger partial charge in [-0.25, -0.2) is 0 Å². The normalized spacial score (nSPS) is 15.8. The number of rotatable bonds is 14. The zero-order valence-electron chi connectivity index (χ0n) is 25.4. The van der Waals surface area contributed by atoms with Crippen LogP contribution in [0.4, 0.5) is 0 Å². The van der Waals surface area contributed by atoms with Crippen LogP contribution in [0, 0.1) is 0 Å². The van der Waals surface area contributed by atoms with E-state index in [0.717, 1.165) is 12.8 Å². The van der Waals surface area contributed by atoms with Crippen LogP contribution in [0.3, 0.4) is 0 Å². The molecular weight excluding hydrogens is 492 g/mol. The molecule has 0 aromatic heterocycles. The second-order valence-corrected chi connectivity index (χ2v) is 12.5. The Morgan fingerprint density at radius 3 is 1.78 bits per heavy atom. The molecule has 5 rings (SSSR count). The Labute approximate surface area is 249 Å². The quantitative estimate of drug-likeness (QED) is 0.140. The van der Waals surface area contributed by atoms with Crippen molar-refractivity contribution in [2.75, 3.05) is 0 Å². The molecule has 0 heteroatoms. The summed E-state index contributed by atoms with van der Waals surface area (Å²) in [4.78, 5) is 0. The van der Waals surface area contributed by atoms with Crippen molar-refractivity contribution in [2.45, 2.75) is 95.8 Å². The molecule has 0 amide bonds. The van der Waals surface area contributed by atoms with Gasteiger partial charge >= 0.3 is 0 Å². The molecular formula is C41H48. The molecule has 4 unspecified atom stereocenters. The van der Waals surface area contributed by atoms with Crippen molar-refractivity contribution in [3.63, 3.8) is 0 Å². The Morgan fingerprint density at radius 1 is 0.634 bits per heavy atom. The summed E-state index contributed by atoms with van der Waals surface area (Å²) >= 11 is 0. The average Bonchev–Trinajstić information content (AvgIpc) is 3.00. The largest absolute Gasteiger partial charge is 0.0856 e. The average molecular weight is 541 g/mol. The highest BCUT2D eigenvalue weighted by atomic mass is 14.3. The van der Waals surface area contributed by atoms with Crippen molar-refractivity contribution >= 4 is 0 Å². The van der Waals surface area contributed by atoms with Crippen LogP contribution in [0.25, 0.3) is 0 Å². The molecule has 41 heavy (non-hydrogen) atoms. The number of allylic oxidation sites excluding steroid dienone is 2. The van der Waals surface area contributed by atoms with Gasteiger partial charge in [0.15, 0.2) is 0 Å². The van der Waals surface area contributed by atoms with Crippen LogP contribution in [0.5, 0.6) is 0 Å². The second-order valence-electron chi connectivity index (χ2n) is 12.5.